The van der Waals surface area contributed by atoms with Gasteiger partial charge in [-0.25, -0.2) is 4.98 Å². The summed E-state index contributed by atoms with van der Waals surface area (Å²) in [4.78, 5) is 7.34. The molecule has 1 unspecified atom stereocenters. The van der Waals surface area contributed by atoms with Crippen molar-refractivity contribution in [1.29, 1.82) is 0 Å². The lowest BCUT2D eigenvalue weighted by Crippen LogP contribution is -2.47. The first-order chi connectivity index (χ1) is 20.2. The van der Waals surface area contributed by atoms with Gasteiger partial charge in [0.15, 0.2) is 0 Å². The molecule has 3 heteroatoms. The molecule has 4 aliphatic rings. The van der Waals surface area contributed by atoms with Crippen LogP contribution in [0.2, 0.25) is 5.15 Å². The van der Waals surface area contributed by atoms with E-state index in [0.717, 1.165) is 13.1 Å². The summed E-state index contributed by atoms with van der Waals surface area (Å²) < 4.78 is 0. The number of likely N-dealkylation sites (tertiary alicyclic amines) is 1. The number of hydrogen-bond donors (Lipinski definition) is 0. The van der Waals surface area contributed by atoms with E-state index in [1.54, 1.807) is 0 Å². The zero-order valence-electron chi connectivity index (χ0n) is 23.0. The molecule has 1 saturated heterocycles. The number of benzene rings is 4. The van der Waals surface area contributed by atoms with E-state index in [9.17, 15) is 0 Å². The molecule has 2 nitrogen and oxygen atoms in total. The third-order valence-corrected chi connectivity index (χ3v) is 10.6. The Morgan fingerprint density at radius 1 is 0.683 bits per heavy atom. The minimum absolute atomic E-state index is 0.151. The number of pyridine rings is 1. The topological polar surface area (TPSA) is 16.1 Å². The van der Waals surface area contributed by atoms with Crippen molar-refractivity contribution < 1.29 is 0 Å². The van der Waals surface area contributed by atoms with E-state index >= 15 is 0 Å². The van der Waals surface area contributed by atoms with Crippen LogP contribution in [0.25, 0.3) is 11.1 Å². The lowest BCUT2D eigenvalue weighted by molar-refractivity contribution is 0.0296. The molecule has 0 amide bonds. The maximum Gasteiger partial charge on any atom is 0.129 e. The summed E-state index contributed by atoms with van der Waals surface area (Å²) in [5, 5.41) is 0.566. The molecule has 4 aromatic carbocycles. The SMILES string of the molecule is Clc1ccc(C2[C@H]3CN(Cc4ccc(-c5ccccc5)cc4)[C@H](c4ccccc4)C34CC2(c2ccccc2)C4)cn1. The predicted molar refractivity (Wildman–Crippen MR) is 167 cm³/mol. The Balaban J connectivity index is 1.18. The van der Waals surface area contributed by atoms with E-state index in [1.807, 2.05) is 6.07 Å². The van der Waals surface area contributed by atoms with Gasteiger partial charge in [-0.15, -0.1) is 0 Å². The number of nitrogens with zero attached hydrogens (tertiary/aromatic N) is 2. The van der Waals surface area contributed by atoms with Crippen molar-refractivity contribution >= 4 is 11.6 Å². The molecule has 3 atom stereocenters. The lowest BCUT2D eigenvalue weighted by atomic mass is 9.52. The maximum atomic E-state index is 6.27. The fraction of sp³-hybridized carbons (Fsp3) is 0.237. The van der Waals surface area contributed by atoms with Crippen LogP contribution in [-0.2, 0) is 12.0 Å². The number of aromatic nitrogens is 1. The number of rotatable bonds is 6. The van der Waals surface area contributed by atoms with Gasteiger partial charge in [0, 0.05) is 30.7 Å². The quantitative estimate of drug-likeness (QED) is 0.195. The molecule has 202 valence electrons. The summed E-state index contributed by atoms with van der Waals surface area (Å²) in [6.07, 6.45) is 4.48. The highest BCUT2D eigenvalue weighted by Crippen LogP contribution is 2.82. The summed E-state index contributed by atoms with van der Waals surface area (Å²) in [6.45, 7) is 2.04. The van der Waals surface area contributed by atoms with Gasteiger partial charge in [0.2, 0.25) is 0 Å². The Morgan fingerprint density at radius 3 is 1.98 bits per heavy atom. The normalized spacial score (nSPS) is 28.3. The smallest absolute Gasteiger partial charge is 0.129 e. The molecule has 2 bridgehead atoms. The van der Waals surface area contributed by atoms with Crippen LogP contribution in [0.15, 0.2) is 134 Å². The summed E-state index contributed by atoms with van der Waals surface area (Å²) >= 11 is 6.27. The molecular weight excluding hydrogens is 520 g/mol. The Kier molecular flexibility index (Phi) is 5.91. The van der Waals surface area contributed by atoms with Gasteiger partial charge in [-0.05, 0) is 69.5 Å². The van der Waals surface area contributed by atoms with Crippen LogP contribution in [0.4, 0.5) is 0 Å². The van der Waals surface area contributed by atoms with Crippen LogP contribution in [0.5, 0.6) is 0 Å². The van der Waals surface area contributed by atoms with Crippen LogP contribution in [0.3, 0.4) is 0 Å². The van der Waals surface area contributed by atoms with Crippen molar-refractivity contribution in [3.05, 3.63) is 161 Å². The summed E-state index contributed by atoms with van der Waals surface area (Å²) in [6, 6.07) is 47.0. The van der Waals surface area contributed by atoms with Crippen LogP contribution in [0, 0.1) is 11.3 Å². The van der Waals surface area contributed by atoms with Crippen molar-refractivity contribution in [3.63, 3.8) is 0 Å². The first-order valence-corrected chi connectivity index (χ1v) is 15.1. The standard InChI is InChI=1S/C38H33ClN2/c39-34-21-20-31(22-40-34)35-33-24-41(23-27-16-18-29(19-17-27)28-10-4-1-5-11-28)36(30-12-6-2-7-13-30)38(33)25-37(35,26-38)32-14-8-3-9-15-32/h1-22,33,35-36H,23-26H2/t33-,35?,36-,37?,38?/m1/s1. The minimum Gasteiger partial charge on any atom is -0.291 e. The van der Waals surface area contributed by atoms with E-state index in [-0.39, 0.29) is 10.8 Å². The van der Waals surface area contributed by atoms with E-state index in [2.05, 4.69) is 137 Å². The third-order valence-electron chi connectivity index (χ3n) is 10.4. The molecule has 1 aromatic heterocycles. The van der Waals surface area contributed by atoms with Gasteiger partial charge in [0.05, 0.1) is 0 Å². The van der Waals surface area contributed by atoms with E-state index in [4.69, 9.17) is 11.6 Å². The Bertz CT molecular complexity index is 1640. The molecule has 5 aromatic rings. The predicted octanol–water partition coefficient (Wildman–Crippen LogP) is 9.09. The van der Waals surface area contributed by atoms with Gasteiger partial charge >= 0.3 is 0 Å². The second-order valence-electron chi connectivity index (χ2n) is 12.4. The van der Waals surface area contributed by atoms with Gasteiger partial charge in [-0.1, -0.05) is 133 Å². The van der Waals surface area contributed by atoms with Gasteiger partial charge in [-0.2, -0.15) is 0 Å². The largest absolute Gasteiger partial charge is 0.291 e. The van der Waals surface area contributed by atoms with E-state index in [1.165, 1.54) is 46.2 Å². The van der Waals surface area contributed by atoms with Crippen molar-refractivity contribution in [2.75, 3.05) is 6.54 Å². The zero-order chi connectivity index (χ0) is 27.4. The number of halogens is 1. The molecule has 4 fully saturated rings. The Labute approximate surface area is 247 Å². The van der Waals surface area contributed by atoms with Crippen molar-refractivity contribution in [2.45, 2.75) is 36.8 Å². The molecule has 3 aliphatic carbocycles. The highest BCUT2D eigenvalue weighted by molar-refractivity contribution is 6.29. The molecule has 0 radical (unpaired) electrons. The van der Waals surface area contributed by atoms with Crippen molar-refractivity contribution in [1.82, 2.24) is 9.88 Å². The summed E-state index contributed by atoms with van der Waals surface area (Å²) in [5.41, 5.74) is 8.57. The Hall–Kier alpha value is -3.72. The van der Waals surface area contributed by atoms with E-state index in [0.29, 0.717) is 23.0 Å². The average molecular weight is 553 g/mol. The third kappa shape index (κ3) is 3.92. The van der Waals surface area contributed by atoms with Crippen LogP contribution in [-0.4, -0.2) is 16.4 Å². The molecule has 41 heavy (non-hydrogen) atoms. The second kappa shape index (κ2) is 9.69. The molecule has 1 spiro atoms. The molecule has 2 heterocycles. The number of hydrogen-bond acceptors (Lipinski definition) is 2. The van der Waals surface area contributed by atoms with Gasteiger partial charge in [0.25, 0.3) is 0 Å². The van der Waals surface area contributed by atoms with Crippen molar-refractivity contribution in [2.24, 2.45) is 11.3 Å². The lowest BCUT2D eigenvalue weighted by Gasteiger charge is -2.53. The molecule has 1 aliphatic heterocycles. The van der Waals surface area contributed by atoms with Crippen LogP contribution in [0.1, 0.15) is 47.1 Å². The van der Waals surface area contributed by atoms with Gasteiger partial charge < -0.3 is 0 Å². The van der Waals surface area contributed by atoms with E-state index < -0.39 is 0 Å². The molecular formula is C38H33ClN2. The maximum absolute atomic E-state index is 6.27. The highest BCUT2D eigenvalue weighted by atomic mass is 35.5. The minimum atomic E-state index is 0.151. The molecule has 9 rings (SSSR count). The highest BCUT2D eigenvalue weighted by Gasteiger charge is 2.77. The first-order valence-electron chi connectivity index (χ1n) is 14.8. The van der Waals surface area contributed by atoms with Gasteiger partial charge in [-0.3, -0.25) is 4.90 Å². The fourth-order valence-corrected chi connectivity index (χ4v) is 9.12. The second-order valence-corrected chi connectivity index (χ2v) is 12.8. The Morgan fingerprint density at radius 2 is 1.32 bits per heavy atom. The first kappa shape index (κ1) is 25.0. The zero-order valence-corrected chi connectivity index (χ0v) is 23.8. The average Bonchev–Trinajstić information content (AvgIpc) is 3.58. The molecule has 0 N–H and O–H groups in total. The fourth-order valence-electron chi connectivity index (χ4n) is 9.00. The molecule has 3 saturated carbocycles. The van der Waals surface area contributed by atoms with Gasteiger partial charge in [0.1, 0.15) is 5.15 Å². The summed E-state index contributed by atoms with van der Waals surface area (Å²) in [5.74, 6) is 0.978. The monoisotopic (exact) mass is 552 g/mol. The van der Waals surface area contributed by atoms with Crippen LogP contribution < -0.4 is 0 Å². The van der Waals surface area contributed by atoms with Crippen molar-refractivity contribution in [3.8, 4) is 11.1 Å². The van der Waals surface area contributed by atoms with Crippen LogP contribution >= 0.6 is 11.6 Å². The summed E-state index contributed by atoms with van der Waals surface area (Å²) in [7, 11) is 0.